The monoisotopic (exact) mass is 517 g/mol. The zero-order chi connectivity index (χ0) is 24.8. The lowest BCUT2D eigenvalue weighted by Crippen LogP contribution is -2.33. The molecule has 0 aliphatic carbocycles. The van der Waals surface area contributed by atoms with Crippen molar-refractivity contribution in [3.05, 3.63) is 92.4 Å². The van der Waals surface area contributed by atoms with E-state index in [1.807, 2.05) is 36.4 Å². The molecule has 6 rings (SSSR count). The highest BCUT2D eigenvalue weighted by Crippen LogP contribution is 2.41. The lowest BCUT2D eigenvalue weighted by atomic mass is 9.95. The summed E-state index contributed by atoms with van der Waals surface area (Å²) in [5, 5.41) is 2.06. The van der Waals surface area contributed by atoms with Crippen LogP contribution in [0.15, 0.2) is 70.5 Å². The van der Waals surface area contributed by atoms with Crippen molar-refractivity contribution in [2.24, 2.45) is 0 Å². The third-order valence-corrected chi connectivity index (χ3v) is 7.79. The highest BCUT2D eigenvalue weighted by Gasteiger charge is 2.20. The topological polar surface area (TPSA) is 86.2 Å². The van der Waals surface area contributed by atoms with Gasteiger partial charge in [0.1, 0.15) is 10.4 Å². The number of ether oxygens (including phenoxy) is 2. The van der Waals surface area contributed by atoms with Gasteiger partial charge in [-0.15, -0.1) is 11.3 Å². The van der Waals surface area contributed by atoms with Crippen LogP contribution in [0.2, 0.25) is 5.02 Å². The van der Waals surface area contributed by atoms with E-state index in [-0.39, 0.29) is 0 Å². The first-order valence-electron chi connectivity index (χ1n) is 11.3. The number of nitrogens with zero attached hydrogens (tertiary/aromatic N) is 2. The highest BCUT2D eigenvalue weighted by molar-refractivity contribution is 7.22. The molecule has 180 valence electrons. The lowest BCUT2D eigenvalue weighted by molar-refractivity contribution is 0.161. The highest BCUT2D eigenvalue weighted by atomic mass is 35.5. The van der Waals surface area contributed by atoms with E-state index < -0.39 is 11.2 Å². The minimum Gasteiger partial charge on any atom is -0.497 e. The van der Waals surface area contributed by atoms with Crippen LogP contribution in [0.4, 0.5) is 0 Å². The van der Waals surface area contributed by atoms with E-state index in [1.54, 1.807) is 19.4 Å². The summed E-state index contributed by atoms with van der Waals surface area (Å²) in [6.45, 7) is 1.20. The molecule has 0 radical (unpaired) electrons. The zero-order valence-corrected chi connectivity index (χ0v) is 20.8. The first-order chi connectivity index (χ1) is 17.5. The Bertz CT molecular complexity index is 1800. The van der Waals surface area contributed by atoms with Crippen molar-refractivity contribution < 1.29 is 9.47 Å². The standard InChI is InChI=1S/C27H20ClN3O4S/c1-34-17-6-5-16-13-29-14-22(19(16)11-17)31-26(32)25-21(30-27(31)33)12-23(36-25)24-18(3-2-4-20(24)28)15-7-9-35-10-8-15/h2-7,11-14H,8-10H2,1H3,(H,30,33). The lowest BCUT2D eigenvalue weighted by Gasteiger charge is -2.17. The summed E-state index contributed by atoms with van der Waals surface area (Å²) in [5.41, 5.74) is 2.90. The number of H-pyrrole nitrogens is 1. The Hall–Kier alpha value is -3.72. The van der Waals surface area contributed by atoms with Gasteiger partial charge in [0, 0.05) is 32.4 Å². The molecule has 0 atom stereocenters. The Balaban J connectivity index is 1.58. The molecule has 1 N–H and O–H groups in total. The quantitative estimate of drug-likeness (QED) is 0.344. The van der Waals surface area contributed by atoms with Crippen molar-refractivity contribution in [1.29, 1.82) is 0 Å². The predicted molar refractivity (Wildman–Crippen MR) is 144 cm³/mol. The second-order valence-corrected chi connectivity index (χ2v) is 9.85. The average Bonchev–Trinajstić information content (AvgIpc) is 3.32. The Morgan fingerprint density at radius 2 is 2.06 bits per heavy atom. The first-order valence-corrected chi connectivity index (χ1v) is 12.5. The second-order valence-electron chi connectivity index (χ2n) is 8.39. The molecule has 0 saturated heterocycles. The zero-order valence-electron chi connectivity index (χ0n) is 19.2. The number of thiophene rings is 1. The van der Waals surface area contributed by atoms with Gasteiger partial charge in [-0.1, -0.05) is 29.8 Å². The average molecular weight is 518 g/mol. The number of benzene rings is 2. The fourth-order valence-corrected chi connectivity index (χ4v) is 6.05. The molecule has 0 unspecified atom stereocenters. The Labute approximate surface area is 214 Å². The molecular formula is C27H20ClN3O4S. The summed E-state index contributed by atoms with van der Waals surface area (Å²) in [6.07, 6.45) is 6.04. The molecule has 1 aliphatic rings. The van der Waals surface area contributed by atoms with Crippen LogP contribution in [0.3, 0.4) is 0 Å². The number of methoxy groups -OCH3 is 1. The molecule has 36 heavy (non-hydrogen) atoms. The van der Waals surface area contributed by atoms with Crippen molar-refractivity contribution in [3.63, 3.8) is 0 Å². The van der Waals surface area contributed by atoms with E-state index in [1.165, 1.54) is 17.5 Å². The van der Waals surface area contributed by atoms with E-state index in [9.17, 15) is 9.59 Å². The van der Waals surface area contributed by atoms with E-state index in [0.29, 0.717) is 45.3 Å². The SMILES string of the molecule is COc1ccc2cncc(-n3c(=O)[nH]c4cc(-c5c(Cl)cccc5C5=CCOCC5)sc4c3=O)c2c1. The van der Waals surface area contributed by atoms with E-state index in [4.69, 9.17) is 21.1 Å². The summed E-state index contributed by atoms with van der Waals surface area (Å²) < 4.78 is 12.4. The van der Waals surface area contributed by atoms with Gasteiger partial charge in [-0.25, -0.2) is 9.36 Å². The molecule has 0 fully saturated rings. The summed E-state index contributed by atoms with van der Waals surface area (Å²) >= 11 is 7.98. The van der Waals surface area contributed by atoms with Gasteiger partial charge in [0.15, 0.2) is 0 Å². The number of hydrogen-bond donors (Lipinski definition) is 1. The summed E-state index contributed by atoms with van der Waals surface area (Å²) in [5.74, 6) is 0.618. The molecule has 3 aromatic heterocycles. The van der Waals surface area contributed by atoms with Crippen molar-refractivity contribution in [2.75, 3.05) is 20.3 Å². The molecule has 0 amide bonds. The van der Waals surface area contributed by atoms with Gasteiger partial charge in [0.05, 0.1) is 37.7 Å². The van der Waals surface area contributed by atoms with E-state index in [0.717, 1.165) is 38.0 Å². The smallest absolute Gasteiger partial charge is 0.333 e. The van der Waals surface area contributed by atoms with Crippen LogP contribution in [0.25, 0.3) is 42.7 Å². The van der Waals surface area contributed by atoms with Crippen molar-refractivity contribution in [3.8, 4) is 21.9 Å². The number of aromatic nitrogens is 3. The molecule has 5 aromatic rings. The number of hydrogen-bond acceptors (Lipinski definition) is 6. The number of fused-ring (bicyclic) bond motifs is 2. The molecule has 0 bridgehead atoms. The van der Waals surface area contributed by atoms with Gasteiger partial charge in [0.25, 0.3) is 5.56 Å². The molecule has 9 heteroatoms. The van der Waals surface area contributed by atoms with Crippen LogP contribution in [0, 0.1) is 0 Å². The molecular weight excluding hydrogens is 498 g/mol. The van der Waals surface area contributed by atoms with Gasteiger partial charge in [-0.3, -0.25) is 9.78 Å². The van der Waals surface area contributed by atoms with Crippen molar-refractivity contribution in [2.45, 2.75) is 6.42 Å². The van der Waals surface area contributed by atoms with Crippen molar-refractivity contribution in [1.82, 2.24) is 14.5 Å². The molecule has 1 aliphatic heterocycles. The van der Waals surface area contributed by atoms with Gasteiger partial charge in [0.2, 0.25) is 0 Å². The Kier molecular flexibility index (Phi) is 5.72. The number of nitrogens with one attached hydrogen (secondary N) is 1. The summed E-state index contributed by atoms with van der Waals surface area (Å²) in [6, 6.07) is 13.0. The number of halogens is 1. The minimum absolute atomic E-state index is 0.389. The second kappa shape index (κ2) is 9.05. The Morgan fingerprint density at radius 3 is 2.86 bits per heavy atom. The van der Waals surface area contributed by atoms with E-state index in [2.05, 4.69) is 16.0 Å². The van der Waals surface area contributed by atoms with Gasteiger partial charge in [-0.05, 0) is 47.9 Å². The number of pyridine rings is 1. The molecule has 2 aromatic carbocycles. The van der Waals surface area contributed by atoms with E-state index >= 15 is 0 Å². The summed E-state index contributed by atoms with van der Waals surface area (Å²) in [7, 11) is 1.57. The molecule has 0 spiro atoms. The minimum atomic E-state index is -0.541. The number of rotatable bonds is 4. The van der Waals surface area contributed by atoms with Gasteiger partial charge in [-0.2, -0.15) is 0 Å². The molecule has 7 nitrogen and oxygen atoms in total. The maximum atomic E-state index is 13.7. The van der Waals surface area contributed by atoms with Crippen LogP contribution in [-0.4, -0.2) is 34.9 Å². The van der Waals surface area contributed by atoms with Crippen LogP contribution in [0.5, 0.6) is 5.75 Å². The van der Waals surface area contributed by atoms with Crippen LogP contribution in [0.1, 0.15) is 12.0 Å². The third kappa shape index (κ3) is 3.74. The van der Waals surface area contributed by atoms with Crippen LogP contribution < -0.4 is 16.0 Å². The largest absolute Gasteiger partial charge is 0.497 e. The molecule has 0 saturated carbocycles. The maximum absolute atomic E-state index is 13.7. The maximum Gasteiger partial charge on any atom is 0.333 e. The number of aromatic amines is 1. The fourth-order valence-electron chi connectivity index (χ4n) is 4.60. The fraction of sp³-hybridized carbons (Fsp3) is 0.148. The Morgan fingerprint density at radius 1 is 1.17 bits per heavy atom. The molecule has 4 heterocycles. The van der Waals surface area contributed by atoms with Crippen molar-refractivity contribution >= 4 is 49.5 Å². The van der Waals surface area contributed by atoms with Gasteiger partial charge < -0.3 is 14.5 Å². The first kappa shape index (κ1) is 22.7. The third-order valence-electron chi connectivity index (χ3n) is 6.33. The van der Waals surface area contributed by atoms with Gasteiger partial charge >= 0.3 is 5.69 Å². The predicted octanol–water partition coefficient (Wildman–Crippen LogP) is 5.42. The van der Waals surface area contributed by atoms with Crippen LogP contribution in [-0.2, 0) is 4.74 Å². The van der Waals surface area contributed by atoms with Crippen LogP contribution >= 0.6 is 22.9 Å². The summed E-state index contributed by atoms with van der Waals surface area (Å²) in [4.78, 5) is 34.8. The normalized spacial score (nSPS) is 13.8.